The largest absolute Gasteiger partial charge is 0.480 e. The van der Waals surface area contributed by atoms with Crippen LogP contribution in [0.5, 0.6) is 0 Å². The maximum atomic E-state index is 12.1. The Hall–Kier alpha value is -1.66. The first-order valence-corrected chi connectivity index (χ1v) is 8.19. The first kappa shape index (κ1) is 17.4. The predicted octanol–water partition coefficient (Wildman–Crippen LogP) is 2.19. The summed E-state index contributed by atoms with van der Waals surface area (Å²) in [5.74, 6) is -0.746. The SMILES string of the molecule is C=CCC(NS(=O)(=O)c1ccc(CC(C)C)cc1)C(=O)O. The van der Waals surface area contributed by atoms with E-state index in [4.69, 9.17) is 5.11 Å². The summed E-state index contributed by atoms with van der Waals surface area (Å²) in [4.78, 5) is 11.1. The van der Waals surface area contributed by atoms with Crippen molar-refractivity contribution in [3.05, 3.63) is 42.5 Å². The number of benzene rings is 1. The van der Waals surface area contributed by atoms with Crippen molar-refractivity contribution in [3.63, 3.8) is 0 Å². The Labute approximate surface area is 125 Å². The van der Waals surface area contributed by atoms with Gasteiger partial charge in [0, 0.05) is 0 Å². The van der Waals surface area contributed by atoms with Crippen LogP contribution in [0.4, 0.5) is 0 Å². The highest BCUT2D eigenvalue weighted by Gasteiger charge is 2.24. The molecule has 0 aromatic heterocycles. The lowest BCUT2D eigenvalue weighted by Gasteiger charge is -2.13. The van der Waals surface area contributed by atoms with E-state index < -0.39 is 22.0 Å². The van der Waals surface area contributed by atoms with Crippen molar-refractivity contribution in [2.24, 2.45) is 5.92 Å². The van der Waals surface area contributed by atoms with Crippen molar-refractivity contribution < 1.29 is 18.3 Å². The molecule has 0 aliphatic rings. The molecule has 0 amide bonds. The summed E-state index contributed by atoms with van der Waals surface area (Å²) in [6, 6.07) is 5.28. The fraction of sp³-hybridized carbons (Fsp3) is 0.400. The molecule has 0 spiro atoms. The molecule has 0 fully saturated rings. The first-order chi connectivity index (χ1) is 9.76. The van der Waals surface area contributed by atoms with E-state index in [0.29, 0.717) is 5.92 Å². The molecule has 1 unspecified atom stereocenters. The van der Waals surface area contributed by atoms with Crippen molar-refractivity contribution in [2.75, 3.05) is 0 Å². The molecule has 0 saturated carbocycles. The third kappa shape index (κ3) is 5.32. The van der Waals surface area contributed by atoms with Crippen molar-refractivity contribution in [1.29, 1.82) is 0 Å². The van der Waals surface area contributed by atoms with E-state index in [2.05, 4.69) is 25.1 Å². The van der Waals surface area contributed by atoms with Gasteiger partial charge in [0.05, 0.1) is 4.90 Å². The molecule has 1 aromatic rings. The maximum absolute atomic E-state index is 12.1. The molecule has 1 aromatic carbocycles. The molecule has 116 valence electrons. The Morgan fingerprint density at radius 3 is 2.33 bits per heavy atom. The van der Waals surface area contributed by atoms with Gasteiger partial charge in [0.15, 0.2) is 0 Å². The monoisotopic (exact) mass is 311 g/mol. The molecule has 2 N–H and O–H groups in total. The van der Waals surface area contributed by atoms with E-state index in [0.717, 1.165) is 12.0 Å². The Balaban J connectivity index is 2.91. The molecule has 1 atom stereocenters. The topological polar surface area (TPSA) is 83.5 Å². The van der Waals surface area contributed by atoms with Crippen molar-refractivity contribution in [2.45, 2.75) is 37.6 Å². The lowest BCUT2D eigenvalue weighted by Crippen LogP contribution is -2.40. The van der Waals surface area contributed by atoms with Gasteiger partial charge in [-0.3, -0.25) is 4.79 Å². The third-order valence-electron chi connectivity index (χ3n) is 2.88. The van der Waals surface area contributed by atoms with E-state index in [9.17, 15) is 13.2 Å². The molecule has 0 aliphatic heterocycles. The number of rotatable bonds is 8. The van der Waals surface area contributed by atoms with Crippen molar-refractivity contribution in [3.8, 4) is 0 Å². The molecule has 1 rings (SSSR count). The van der Waals surface area contributed by atoms with Crippen LogP contribution in [0, 0.1) is 5.92 Å². The first-order valence-electron chi connectivity index (χ1n) is 6.71. The molecule has 0 heterocycles. The zero-order valence-corrected chi connectivity index (χ0v) is 13.1. The summed E-state index contributed by atoms with van der Waals surface area (Å²) in [6.07, 6.45) is 2.26. The number of hydrogen-bond acceptors (Lipinski definition) is 3. The van der Waals surface area contributed by atoms with Crippen LogP contribution in [0.15, 0.2) is 41.8 Å². The number of hydrogen-bond donors (Lipinski definition) is 2. The summed E-state index contributed by atoms with van der Waals surface area (Å²) < 4.78 is 26.5. The number of sulfonamides is 1. The third-order valence-corrected chi connectivity index (χ3v) is 4.36. The summed E-state index contributed by atoms with van der Waals surface area (Å²) >= 11 is 0. The summed E-state index contributed by atoms with van der Waals surface area (Å²) in [6.45, 7) is 7.59. The number of carboxylic acid groups (broad SMARTS) is 1. The summed E-state index contributed by atoms with van der Waals surface area (Å²) in [7, 11) is -3.85. The Morgan fingerprint density at radius 1 is 1.33 bits per heavy atom. The van der Waals surface area contributed by atoms with Gasteiger partial charge in [-0.15, -0.1) is 6.58 Å². The average molecular weight is 311 g/mol. The van der Waals surface area contributed by atoms with E-state index in [1.54, 1.807) is 12.1 Å². The van der Waals surface area contributed by atoms with E-state index >= 15 is 0 Å². The average Bonchev–Trinajstić information content (AvgIpc) is 2.37. The van der Waals surface area contributed by atoms with Crippen LogP contribution in [0.25, 0.3) is 0 Å². The zero-order chi connectivity index (χ0) is 16.0. The zero-order valence-electron chi connectivity index (χ0n) is 12.2. The van der Waals surface area contributed by atoms with Crippen LogP contribution < -0.4 is 4.72 Å². The van der Waals surface area contributed by atoms with Gasteiger partial charge in [-0.25, -0.2) is 8.42 Å². The predicted molar refractivity (Wildman–Crippen MR) is 81.5 cm³/mol. The van der Waals surface area contributed by atoms with Crippen molar-refractivity contribution in [1.82, 2.24) is 4.72 Å². The van der Waals surface area contributed by atoms with Crippen LogP contribution in [0.3, 0.4) is 0 Å². The highest BCUT2D eigenvalue weighted by atomic mass is 32.2. The molecule has 0 saturated heterocycles. The highest BCUT2D eigenvalue weighted by molar-refractivity contribution is 7.89. The van der Waals surface area contributed by atoms with Gasteiger partial charge in [-0.1, -0.05) is 32.1 Å². The number of carbonyl (C=O) groups is 1. The molecule has 6 heteroatoms. The Kier molecular flexibility index (Phi) is 6.11. The number of nitrogens with one attached hydrogen (secondary N) is 1. The van der Waals surface area contributed by atoms with Crippen LogP contribution in [-0.2, 0) is 21.2 Å². The van der Waals surface area contributed by atoms with Crippen LogP contribution in [0.1, 0.15) is 25.8 Å². The second-order valence-corrected chi connectivity index (χ2v) is 6.99. The van der Waals surface area contributed by atoms with Crippen LogP contribution in [0.2, 0.25) is 0 Å². The fourth-order valence-electron chi connectivity index (χ4n) is 1.90. The molecule has 0 bridgehead atoms. The second kappa shape index (κ2) is 7.38. The smallest absolute Gasteiger partial charge is 0.322 e. The minimum Gasteiger partial charge on any atom is -0.480 e. The summed E-state index contributed by atoms with van der Waals surface area (Å²) in [5, 5.41) is 8.98. The summed E-state index contributed by atoms with van der Waals surface area (Å²) in [5.41, 5.74) is 1.05. The van der Waals surface area contributed by atoms with Crippen LogP contribution in [-0.4, -0.2) is 25.5 Å². The number of aliphatic carboxylic acids is 1. The number of carboxylic acids is 1. The van der Waals surface area contributed by atoms with E-state index in [-0.39, 0.29) is 11.3 Å². The quantitative estimate of drug-likeness (QED) is 0.721. The molecular weight excluding hydrogens is 290 g/mol. The molecule has 5 nitrogen and oxygen atoms in total. The Morgan fingerprint density at radius 2 is 1.90 bits per heavy atom. The van der Waals surface area contributed by atoms with E-state index in [1.165, 1.54) is 18.2 Å². The minimum atomic E-state index is -3.85. The normalized spacial score (nSPS) is 13.1. The standard InChI is InChI=1S/C15H21NO4S/c1-4-5-14(15(17)18)16-21(19,20)13-8-6-12(7-9-13)10-11(2)3/h4,6-9,11,14,16H,1,5,10H2,2-3H3,(H,17,18). The minimum absolute atomic E-state index is 0.0278. The molecule has 0 radical (unpaired) electrons. The van der Waals surface area contributed by atoms with E-state index in [1.807, 2.05) is 0 Å². The molecular formula is C15H21NO4S. The lowest BCUT2D eigenvalue weighted by atomic mass is 10.0. The van der Waals surface area contributed by atoms with Gasteiger partial charge in [0.1, 0.15) is 6.04 Å². The van der Waals surface area contributed by atoms with Gasteiger partial charge in [-0.05, 0) is 36.5 Å². The molecule has 21 heavy (non-hydrogen) atoms. The van der Waals surface area contributed by atoms with Gasteiger partial charge in [-0.2, -0.15) is 4.72 Å². The van der Waals surface area contributed by atoms with Gasteiger partial charge in [0.25, 0.3) is 0 Å². The molecule has 0 aliphatic carbocycles. The van der Waals surface area contributed by atoms with Gasteiger partial charge < -0.3 is 5.11 Å². The van der Waals surface area contributed by atoms with Gasteiger partial charge in [0.2, 0.25) is 10.0 Å². The lowest BCUT2D eigenvalue weighted by molar-refractivity contribution is -0.138. The Bertz CT molecular complexity index is 591. The second-order valence-electron chi connectivity index (χ2n) is 5.28. The fourth-order valence-corrected chi connectivity index (χ4v) is 3.10. The van der Waals surface area contributed by atoms with Gasteiger partial charge >= 0.3 is 5.97 Å². The highest BCUT2D eigenvalue weighted by Crippen LogP contribution is 2.14. The van der Waals surface area contributed by atoms with Crippen LogP contribution >= 0.6 is 0 Å². The van der Waals surface area contributed by atoms with Crippen molar-refractivity contribution >= 4 is 16.0 Å². The maximum Gasteiger partial charge on any atom is 0.322 e.